The first kappa shape index (κ1) is 32.8. The van der Waals surface area contributed by atoms with E-state index in [9.17, 15) is 9.59 Å². The Morgan fingerprint density at radius 3 is 2.53 bits per heavy atom. The lowest BCUT2D eigenvalue weighted by molar-refractivity contribution is -0.135. The molecule has 2 fully saturated rings. The maximum atomic E-state index is 14.2. The number of benzene rings is 2. The van der Waals surface area contributed by atoms with Crippen molar-refractivity contribution in [2.45, 2.75) is 45.6 Å². The highest BCUT2D eigenvalue weighted by Crippen LogP contribution is 2.43. The van der Waals surface area contributed by atoms with Crippen LogP contribution in [0.1, 0.15) is 45.1 Å². The SMILES string of the molecule is CC(C)Oc1ccc(-c2n[nH]c3ccc(N4CC[C@]5(CCCN(CC(=O)N6CC=C(c7ccc(-c8ncn(C)n8)cc7)CC6)C5)C4=O)cc23)cn1. The summed E-state index contributed by atoms with van der Waals surface area (Å²) in [5.41, 5.74) is 6.35. The smallest absolute Gasteiger partial charge is 0.237 e. The van der Waals surface area contributed by atoms with E-state index in [-0.39, 0.29) is 17.9 Å². The number of anilines is 1. The molecule has 51 heavy (non-hydrogen) atoms. The van der Waals surface area contributed by atoms with Crippen molar-refractivity contribution in [3.63, 3.8) is 0 Å². The van der Waals surface area contributed by atoms with Crippen molar-refractivity contribution in [2.24, 2.45) is 12.5 Å². The van der Waals surface area contributed by atoms with Crippen molar-refractivity contribution >= 4 is 34.0 Å². The molecule has 0 aliphatic carbocycles. The summed E-state index contributed by atoms with van der Waals surface area (Å²) >= 11 is 0. The molecule has 5 aromatic rings. The molecular weight excluding hydrogens is 642 g/mol. The van der Waals surface area contributed by atoms with Gasteiger partial charge in [0.25, 0.3) is 0 Å². The van der Waals surface area contributed by atoms with Gasteiger partial charge in [-0.3, -0.25) is 24.3 Å². The number of amides is 2. The monoisotopic (exact) mass is 685 g/mol. The Balaban J connectivity index is 0.903. The van der Waals surface area contributed by atoms with Gasteiger partial charge in [0.1, 0.15) is 12.0 Å². The van der Waals surface area contributed by atoms with Gasteiger partial charge in [-0.2, -0.15) is 10.2 Å². The molecule has 0 saturated carbocycles. The van der Waals surface area contributed by atoms with Crippen LogP contribution in [-0.2, 0) is 16.6 Å². The summed E-state index contributed by atoms with van der Waals surface area (Å²) in [5.74, 6) is 1.56. The quantitative estimate of drug-likeness (QED) is 0.232. The first-order valence-electron chi connectivity index (χ1n) is 17.8. The molecule has 2 aromatic carbocycles. The Kier molecular flexibility index (Phi) is 8.63. The Morgan fingerprint density at radius 2 is 1.80 bits per heavy atom. The molecule has 6 heterocycles. The van der Waals surface area contributed by atoms with Crippen LogP contribution in [0.4, 0.5) is 5.69 Å². The molecule has 3 aliphatic rings. The predicted molar refractivity (Wildman–Crippen MR) is 196 cm³/mol. The van der Waals surface area contributed by atoms with Gasteiger partial charge in [-0.1, -0.05) is 30.3 Å². The fourth-order valence-electron chi connectivity index (χ4n) is 7.78. The van der Waals surface area contributed by atoms with E-state index in [1.165, 1.54) is 5.57 Å². The second-order valence-corrected chi connectivity index (χ2v) is 14.3. The van der Waals surface area contributed by atoms with E-state index in [1.54, 1.807) is 17.2 Å². The van der Waals surface area contributed by atoms with Gasteiger partial charge in [0.05, 0.1) is 23.6 Å². The van der Waals surface area contributed by atoms with Gasteiger partial charge in [0.15, 0.2) is 5.82 Å². The lowest BCUT2D eigenvalue weighted by Crippen LogP contribution is -2.51. The summed E-state index contributed by atoms with van der Waals surface area (Å²) in [7, 11) is 1.86. The minimum absolute atomic E-state index is 0.0448. The molecule has 0 unspecified atom stereocenters. The number of aromatic nitrogens is 6. The van der Waals surface area contributed by atoms with Crippen molar-refractivity contribution in [1.29, 1.82) is 0 Å². The molecule has 1 spiro atoms. The first-order chi connectivity index (χ1) is 24.7. The number of carbonyl (C=O) groups excluding carboxylic acids is 2. The van der Waals surface area contributed by atoms with Crippen LogP contribution in [0.2, 0.25) is 0 Å². The third-order valence-corrected chi connectivity index (χ3v) is 10.4. The van der Waals surface area contributed by atoms with Gasteiger partial charge < -0.3 is 14.5 Å². The van der Waals surface area contributed by atoms with Gasteiger partial charge in [-0.15, -0.1) is 0 Å². The van der Waals surface area contributed by atoms with Crippen LogP contribution in [0.3, 0.4) is 0 Å². The second-order valence-electron chi connectivity index (χ2n) is 14.3. The topological polar surface area (TPSA) is 125 Å². The van der Waals surface area contributed by atoms with Crippen molar-refractivity contribution < 1.29 is 14.3 Å². The van der Waals surface area contributed by atoms with Gasteiger partial charge in [-0.25, -0.2) is 9.97 Å². The highest BCUT2D eigenvalue weighted by atomic mass is 16.5. The molecule has 2 amide bonds. The number of likely N-dealkylation sites (tertiary alicyclic amines) is 1. The molecule has 2 saturated heterocycles. The molecule has 0 bridgehead atoms. The number of hydrogen-bond donors (Lipinski definition) is 1. The normalized spacial score (nSPS) is 19.8. The summed E-state index contributed by atoms with van der Waals surface area (Å²) in [6, 6.07) is 18.2. The summed E-state index contributed by atoms with van der Waals surface area (Å²) in [4.78, 5) is 42.6. The van der Waals surface area contributed by atoms with Crippen LogP contribution >= 0.6 is 0 Å². The number of H-pyrrole nitrogens is 1. The Bertz CT molecular complexity index is 2100. The van der Waals surface area contributed by atoms with Crippen LogP contribution in [0, 0.1) is 5.41 Å². The maximum Gasteiger partial charge on any atom is 0.237 e. The average Bonchev–Trinajstić information content (AvgIpc) is 3.85. The highest BCUT2D eigenvalue weighted by Gasteiger charge is 2.49. The lowest BCUT2D eigenvalue weighted by Gasteiger charge is -2.39. The summed E-state index contributed by atoms with van der Waals surface area (Å²) in [6.45, 7) is 7.64. The maximum absolute atomic E-state index is 14.2. The van der Waals surface area contributed by atoms with Gasteiger partial charge in [0, 0.05) is 67.7 Å². The number of aryl methyl sites for hydroxylation is 1. The minimum atomic E-state index is -0.477. The number of nitrogens with zero attached hydrogens (tertiary/aromatic N) is 8. The van der Waals surface area contributed by atoms with E-state index in [0.717, 1.165) is 71.2 Å². The highest BCUT2D eigenvalue weighted by molar-refractivity contribution is 6.03. The molecule has 1 atom stereocenters. The van der Waals surface area contributed by atoms with Gasteiger partial charge in [0.2, 0.25) is 17.7 Å². The number of rotatable bonds is 8. The lowest BCUT2D eigenvalue weighted by atomic mass is 9.78. The average molecular weight is 686 g/mol. The van der Waals surface area contributed by atoms with E-state index >= 15 is 0 Å². The van der Waals surface area contributed by atoms with Crippen LogP contribution in [0.5, 0.6) is 5.88 Å². The second kappa shape index (κ2) is 13.4. The summed E-state index contributed by atoms with van der Waals surface area (Å²) in [6.07, 6.45) is 9.01. The number of aromatic amines is 1. The van der Waals surface area contributed by atoms with Gasteiger partial charge in [-0.05, 0) is 81.5 Å². The number of ether oxygens (including phenoxy) is 1. The molecule has 1 N–H and O–H groups in total. The summed E-state index contributed by atoms with van der Waals surface area (Å²) in [5, 5.41) is 13.0. The fraction of sp³-hybridized carbons (Fsp3) is 0.385. The van der Waals surface area contributed by atoms with Crippen molar-refractivity contribution in [3.05, 3.63) is 78.8 Å². The fourth-order valence-corrected chi connectivity index (χ4v) is 7.78. The molecule has 262 valence electrons. The zero-order valence-corrected chi connectivity index (χ0v) is 29.4. The first-order valence-corrected chi connectivity index (χ1v) is 17.8. The standard InChI is InChI=1S/C39H43N9O3/c1-26(2)51-34-12-9-30(22-40-34)36-32-21-31(10-11-33(32)42-43-36)48-20-16-39(38(48)50)15-4-17-46(24-39)23-35(49)47-18-13-28(14-19-47)27-5-7-29(8-6-27)37-41-25-45(3)44-37/h5-13,21-22,25-26H,4,14-20,23-24H2,1-3H3,(H,42,43)/t39-/m0/s1. The Labute approximate surface area is 297 Å². The zero-order chi connectivity index (χ0) is 35.1. The van der Waals surface area contributed by atoms with Crippen LogP contribution in [0.15, 0.2) is 73.2 Å². The number of nitrogens with one attached hydrogen (secondary N) is 1. The largest absolute Gasteiger partial charge is 0.475 e. The van der Waals surface area contributed by atoms with Crippen molar-refractivity contribution in [2.75, 3.05) is 44.2 Å². The van der Waals surface area contributed by atoms with Crippen LogP contribution in [0.25, 0.3) is 39.1 Å². The Morgan fingerprint density at radius 1 is 0.980 bits per heavy atom. The number of carbonyl (C=O) groups is 2. The third kappa shape index (κ3) is 6.51. The molecule has 3 aromatic heterocycles. The minimum Gasteiger partial charge on any atom is -0.475 e. The molecule has 12 nitrogen and oxygen atoms in total. The Hall–Kier alpha value is -5.36. The van der Waals surface area contributed by atoms with E-state index in [1.807, 2.05) is 55.0 Å². The van der Waals surface area contributed by atoms with E-state index in [0.29, 0.717) is 44.4 Å². The molecular formula is C39H43N9O3. The molecule has 8 rings (SSSR count). The van der Waals surface area contributed by atoms with Gasteiger partial charge >= 0.3 is 0 Å². The van der Waals surface area contributed by atoms with E-state index in [2.05, 4.69) is 66.6 Å². The van der Waals surface area contributed by atoms with E-state index < -0.39 is 5.41 Å². The van der Waals surface area contributed by atoms with Crippen LogP contribution in [-0.4, -0.2) is 96.9 Å². The van der Waals surface area contributed by atoms with Crippen LogP contribution < -0.4 is 9.64 Å². The van der Waals surface area contributed by atoms with Crippen molar-refractivity contribution in [1.82, 2.24) is 39.7 Å². The predicted octanol–water partition coefficient (Wildman–Crippen LogP) is 5.34. The zero-order valence-electron chi connectivity index (χ0n) is 29.4. The number of piperidine rings is 1. The van der Waals surface area contributed by atoms with E-state index in [4.69, 9.17) is 4.74 Å². The summed E-state index contributed by atoms with van der Waals surface area (Å²) < 4.78 is 7.41. The van der Waals surface area contributed by atoms with Crippen molar-refractivity contribution in [3.8, 4) is 28.5 Å². The number of pyridine rings is 1. The number of hydrogen-bond acceptors (Lipinski definition) is 8. The molecule has 3 aliphatic heterocycles. The molecule has 0 radical (unpaired) electrons. The molecule has 12 heteroatoms. The number of fused-ring (bicyclic) bond motifs is 1. The third-order valence-electron chi connectivity index (χ3n) is 10.4.